The number of benzene rings is 1. The lowest BCUT2D eigenvalue weighted by atomic mass is 9.87. The third-order valence-electron chi connectivity index (χ3n) is 5.87. The Balaban J connectivity index is 2.72. The van der Waals surface area contributed by atoms with Crippen LogP contribution in [-0.4, -0.2) is 53.8 Å². The summed E-state index contributed by atoms with van der Waals surface area (Å²) in [6.07, 6.45) is -0.587. The van der Waals surface area contributed by atoms with E-state index in [2.05, 4.69) is 5.32 Å². The highest BCUT2D eigenvalue weighted by atomic mass is 31.2. The maximum atomic E-state index is 13.0. The lowest BCUT2D eigenvalue weighted by Gasteiger charge is -2.17. The Bertz CT molecular complexity index is 975. The number of Topliss-reactive ketones (excluding diaryl/α,β-unsaturated/α-hetero) is 2. The number of hydrogen-bond acceptors (Lipinski definition) is 7. The zero-order valence-electron chi connectivity index (χ0n) is 22.2. The summed E-state index contributed by atoms with van der Waals surface area (Å²) in [6.45, 7) is 10.4. The van der Waals surface area contributed by atoms with Crippen LogP contribution in [0.3, 0.4) is 0 Å². The minimum Gasteiger partial charge on any atom is -0.464 e. The third-order valence-corrected chi connectivity index (χ3v) is 7.31. The molecular weight excluding hydrogens is 485 g/mol. The van der Waals surface area contributed by atoms with Gasteiger partial charge in [0.25, 0.3) is 0 Å². The molecular formula is C26H40NO8P. The van der Waals surface area contributed by atoms with Crippen molar-refractivity contribution in [1.82, 2.24) is 5.32 Å². The number of nitrogens with one attached hydrogen (secondary N) is 1. The van der Waals surface area contributed by atoms with Gasteiger partial charge in [0, 0.05) is 30.9 Å². The SMILES string of the molecule is CCOC(=O)[C@H](C)OP(=O)(O)CCNC(=O)CCC(=O)c1cc(C(C)C)ccc1CC(CC)C(C)=O. The molecule has 1 amide bonds. The Labute approximate surface area is 213 Å². The van der Waals surface area contributed by atoms with E-state index in [0.29, 0.717) is 18.4 Å². The van der Waals surface area contributed by atoms with Crippen LogP contribution in [0.2, 0.25) is 0 Å². The molecule has 0 aromatic heterocycles. The van der Waals surface area contributed by atoms with E-state index >= 15 is 0 Å². The second-order valence-electron chi connectivity index (χ2n) is 9.13. The van der Waals surface area contributed by atoms with E-state index in [9.17, 15) is 28.6 Å². The molecule has 0 saturated heterocycles. The summed E-state index contributed by atoms with van der Waals surface area (Å²) in [5, 5.41) is 2.51. The molecule has 0 fully saturated rings. The van der Waals surface area contributed by atoms with Crippen LogP contribution in [0.15, 0.2) is 18.2 Å². The number of amides is 1. The molecule has 1 aromatic carbocycles. The molecule has 3 atom stereocenters. The molecule has 0 aliphatic carbocycles. The summed E-state index contributed by atoms with van der Waals surface area (Å²) in [5.41, 5.74) is 2.31. The van der Waals surface area contributed by atoms with E-state index in [1.807, 2.05) is 39.0 Å². The average molecular weight is 526 g/mol. The molecule has 0 radical (unpaired) electrons. The Hall–Kier alpha value is -2.35. The van der Waals surface area contributed by atoms with Crippen LogP contribution >= 0.6 is 7.60 Å². The zero-order chi connectivity index (χ0) is 27.5. The lowest BCUT2D eigenvalue weighted by molar-refractivity contribution is -0.150. The number of carbonyl (C=O) groups excluding carboxylic acids is 4. The standard InChI is InChI=1S/C26H40NO8P/c1-7-20(18(5)28)15-22-10-9-21(17(3)4)16-23(22)24(29)11-12-25(30)27-13-14-36(32,33)35-19(6)26(31)34-8-2/h9-10,16-17,19-20H,7-8,11-15H2,1-6H3,(H,27,30)(H,32,33)/t19-,20?/m0/s1. The van der Waals surface area contributed by atoms with Gasteiger partial charge in [0.05, 0.1) is 12.8 Å². The molecule has 202 valence electrons. The smallest absolute Gasteiger partial charge is 0.335 e. The maximum Gasteiger partial charge on any atom is 0.335 e. The van der Waals surface area contributed by atoms with Crippen molar-refractivity contribution in [2.24, 2.45) is 5.92 Å². The molecule has 10 heteroatoms. The fraction of sp³-hybridized carbons (Fsp3) is 0.615. The second-order valence-corrected chi connectivity index (χ2v) is 11.1. The van der Waals surface area contributed by atoms with E-state index in [4.69, 9.17) is 9.26 Å². The molecule has 36 heavy (non-hydrogen) atoms. The fourth-order valence-electron chi connectivity index (χ4n) is 3.62. The Kier molecular flexibility index (Phi) is 13.2. The summed E-state index contributed by atoms with van der Waals surface area (Å²) >= 11 is 0. The highest BCUT2D eigenvalue weighted by molar-refractivity contribution is 7.52. The van der Waals surface area contributed by atoms with Crippen molar-refractivity contribution in [2.45, 2.75) is 79.2 Å². The van der Waals surface area contributed by atoms with Crippen molar-refractivity contribution >= 4 is 31.0 Å². The number of hydrogen-bond donors (Lipinski definition) is 2. The van der Waals surface area contributed by atoms with Crippen LogP contribution in [0.4, 0.5) is 0 Å². The lowest BCUT2D eigenvalue weighted by Crippen LogP contribution is -2.28. The number of ether oxygens (including phenoxy) is 1. The Morgan fingerprint density at radius 3 is 2.31 bits per heavy atom. The van der Waals surface area contributed by atoms with Gasteiger partial charge in [0.1, 0.15) is 5.78 Å². The summed E-state index contributed by atoms with van der Waals surface area (Å²) < 4.78 is 21.8. The van der Waals surface area contributed by atoms with Crippen molar-refractivity contribution in [3.8, 4) is 0 Å². The van der Waals surface area contributed by atoms with Gasteiger partial charge in [0.2, 0.25) is 5.91 Å². The van der Waals surface area contributed by atoms with E-state index in [-0.39, 0.29) is 55.6 Å². The van der Waals surface area contributed by atoms with Crippen LogP contribution in [0.1, 0.15) is 88.2 Å². The van der Waals surface area contributed by atoms with Gasteiger partial charge in [-0.15, -0.1) is 0 Å². The van der Waals surface area contributed by atoms with E-state index in [1.54, 1.807) is 13.8 Å². The van der Waals surface area contributed by atoms with Crippen molar-refractivity contribution in [1.29, 1.82) is 0 Å². The molecule has 1 aromatic rings. The first-order valence-electron chi connectivity index (χ1n) is 12.4. The molecule has 2 unspecified atom stereocenters. The zero-order valence-corrected chi connectivity index (χ0v) is 23.1. The summed E-state index contributed by atoms with van der Waals surface area (Å²) in [6, 6.07) is 5.70. The second kappa shape index (κ2) is 15.0. The highest BCUT2D eigenvalue weighted by Crippen LogP contribution is 2.42. The van der Waals surface area contributed by atoms with Gasteiger partial charge in [0.15, 0.2) is 11.9 Å². The molecule has 2 N–H and O–H groups in total. The van der Waals surface area contributed by atoms with Gasteiger partial charge in [-0.05, 0) is 56.7 Å². The predicted octanol–water partition coefficient (Wildman–Crippen LogP) is 4.20. The van der Waals surface area contributed by atoms with Crippen LogP contribution < -0.4 is 5.32 Å². The Morgan fingerprint density at radius 1 is 1.08 bits per heavy atom. The van der Waals surface area contributed by atoms with Crippen molar-refractivity contribution in [3.05, 3.63) is 34.9 Å². The minimum absolute atomic E-state index is 0.0373. The molecule has 0 heterocycles. The predicted molar refractivity (Wildman–Crippen MR) is 137 cm³/mol. The van der Waals surface area contributed by atoms with Crippen LogP contribution in [0.5, 0.6) is 0 Å². The van der Waals surface area contributed by atoms with Crippen molar-refractivity contribution in [3.63, 3.8) is 0 Å². The van der Waals surface area contributed by atoms with E-state index in [1.165, 1.54) is 6.92 Å². The molecule has 0 bridgehead atoms. The summed E-state index contributed by atoms with van der Waals surface area (Å²) in [4.78, 5) is 58.7. The van der Waals surface area contributed by atoms with Gasteiger partial charge in [-0.1, -0.05) is 32.9 Å². The first-order valence-corrected chi connectivity index (χ1v) is 14.2. The summed E-state index contributed by atoms with van der Waals surface area (Å²) in [5.74, 6) is -1.27. The number of ketones is 2. The van der Waals surface area contributed by atoms with Crippen LogP contribution in [0.25, 0.3) is 0 Å². The average Bonchev–Trinajstić information content (AvgIpc) is 2.80. The molecule has 0 spiro atoms. The molecule has 0 aliphatic heterocycles. The van der Waals surface area contributed by atoms with Gasteiger partial charge in [-0.25, -0.2) is 4.79 Å². The maximum absolute atomic E-state index is 13.0. The Morgan fingerprint density at radius 2 is 1.75 bits per heavy atom. The van der Waals surface area contributed by atoms with Crippen LogP contribution in [-0.2, 0) is 34.6 Å². The minimum atomic E-state index is -4.12. The van der Waals surface area contributed by atoms with Gasteiger partial charge < -0.3 is 14.9 Å². The molecule has 0 aliphatic rings. The third kappa shape index (κ3) is 10.7. The normalized spacial score (nSPS) is 14.6. The largest absolute Gasteiger partial charge is 0.464 e. The molecule has 9 nitrogen and oxygen atoms in total. The highest BCUT2D eigenvalue weighted by Gasteiger charge is 2.27. The number of esters is 1. The topological polar surface area (TPSA) is 136 Å². The van der Waals surface area contributed by atoms with Gasteiger partial charge >= 0.3 is 13.6 Å². The van der Waals surface area contributed by atoms with Gasteiger partial charge in [-0.3, -0.25) is 23.5 Å². The molecule has 0 saturated carbocycles. The van der Waals surface area contributed by atoms with Gasteiger partial charge in [-0.2, -0.15) is 0 Å². The monoisotopic (exact) mass is 525 g/mol. The van der Waals surface area contributed by atoms with E-state index < -0.39 is 25.6 Å². The van der Waals surface area contributed by atoms with Crippen LogP contribution in [0, 0.1) is 5.92 Å². The fourth-order valence-corrected chi connectivity index (χ4v) is 4.70. The molecule has 1 rings (SSSR count). The summed E-state index contributed by atoms with van der Waals surface area (Å²) in [7, 11) is -4.12. The number of rotatable bonds is 16. The quantitative estimate of drug-likeness (QED) is 0.186. The first-order chi connectivity index (χ1) is 16.8. The first kappa shape index (κ1) is 31.7. The number of carbonyl (C=O) groups is 4. The van der Waals surface area contributed by atoms with E-state index in [0.717, 1.165) is 11.1 Å². The van der Waals surface area contributed by atoms with Crippen molar-refractivity contribution in [2.75, 3.05) is 19.3 Å². The van der Waals surface area contributed by atoms with Crippen molar-refractivity contribution < 1.29 is 37.9 Å².